The van der Waals surface area contributed by atoms with Crippen LogP contribution in [0.1, 0.15) is 31.7 Å². The van der Waals surface area contributed by atoms with E-state index in [4.69, 9.17) is 4.99 Å². The largest absolute Gasteiger partial charge is 0.364 e. The van der Waals surface area contributed by atoms with Gasteiger partial charge in [-0.05, 0) is 50.1 Å². The first-order chi connectivity index (χ1) is 12.3. The summed E-state index contributed by atoms with van der Waals surface area (Å²) in [4.78, 5) is 7.19. The topological polar surface area (TPSA) is 39.7 Å². The Labute approximate surface area is 179 Å². The Bertz CT molecular complexity index is 612. The molecular formula is C20H31IN4S. The van der Waals surface area contributed by atoms with Crippen molar-refractivity contribution >= 4 is 47.4 Å². The third kappa shape index (κ3) is 6.08. The molecule has 0 bridgehead atoms. The summed E-state index contributed by atoms with van der Waals surface area (Å²) in [6, 6.07) is 9.31. The van der Waals surface area contributed by atoms with Crippen LogP contribution in [-0.2, 0) is 6.54 Å². The van der Waals surface area contributed by atoms with Crippen molar-refractivity contribution in [3.8, 4) is 0 Å². The van der Waals surface area contributed by atoms with E-state index in [0.717, 1.165) is 30.8 Å². The summed E-state index contributed by atoms with van der Waals surface area (Å²) in [5.41, 5.74) is 2.55. The number of hydrogen-bond donors (Lipinski definition) is 2. The molecule has 2 aliphatic rings. The Hall–Kier alpha value is -0.890. The molecule has 0 saturated heterocycles. The van der Waals surface area contributed by atoms with Gasteiger partial charge in [-0.15, -0.1) is 24.0 Å². The number of anilines is 1. The molecular weight excluding hydrogens is 455 g/mol. The van der Waals surface area contributed by atoms with E-state index in [1.54, 1.807) is 0 Å². The van der Waals surface area contributed by atoms with Gasteiger partial charge in [-0.1, -0.05) is 24.3 Å². The van der Waals surface area contributed by atoms with Crippen molar-refractivity contribution in [2.75, 3.05) is 30.8 Å². The zero-order chi connectivity index (χ0) is 17.5. The molecule has 1 heterocycles. The number of aliphatic imine (C=N–C) groups is 1. The average molecular weight is 486 g/mol. The van der Waals surface area contributed by atoms with Gasteiger partial charge in [-0.25, -0.2) is 4.99 Å². The van der Waals surface area contributed by atoms with Gasteiger partial charge in [0, 0.05) is 36.6 Å². The van der Waals surface area contributed by atoms with Crippen LogP contribution in [0, 0.1) is 0 Å². The van der Waals surface area contributed by atoms with Crippen molar-refractivity contribution in [1.82, 2.24) is 10.6 Å². The maximum Gasteiger partial charge on any atom is 0.191 e. The quantitative estimate of drug-likeness (QED) is 0.276. The van der Waals surface area contributed by atoms with Crippen LogP contribution >= 0.6 is 35.7 Å². The smallest absolute Gasteiger partial charge is 0.191 e. The van der Waals surface area contributed by atoms with Crippen LogP contribution in [-0.4, -0.2) is 43.1 Å². The summed E-state index contributed by atoms with van der Waals surface area (Å²) >= 11 is 1.99. The molecule has 2 N–H and O–H groups in total. The average Bonchev–Trinajstić information content (AvgIpc) is 3.32. The van der Waals surface area contributed by atoms with Gasteiger partial charge in [0.15, 0.2) is 5.96 Å². The van der Waals surface area contributed by atoms with Crippen LogP contribution in [0.15, 0.2) is 41.4 Å². The SMILES string of the molecule is CCNC(=NCc1cccc(N2CC=CC2)c1)NC1CCC(SC)C1.I. The highest BCUT2D eigenvalue weighted by molar-refractivity contribution is 14.0. The molecule has 0 amide bonds. The number of hydrogen-bond acceptors (Lipinski definition) is 3. The number of halogens is 1. The predicted molar refractivity (Wildman–Crippen MR) is 126 cm³/mol. The molecule has 2 unspecified atom stereocenters. The van der Waals surface area contributed by atoms with Crippen LogP contribution in [0.2, 0.25) is 0 Å². The number of nitrogens with zero attached hydrogens (tertiary/aromatic N) is 2. The maximum atomic E-state index is 4.82. The molecule has 1 saturated carbocycles. The van der Waals surface area contributed by atoms with Crippen molar-refractivity contribution in [1.29, 1.82) is 0 Å². The van der Waals surface area contributed by atoms with E-state index in [-0.39, 0.29) is 24.0 Å². The summed E-state index contributed by atoms with van der Waals surface area (Å²) in [6.07, 6.45) is 10.5. The second-order valence-corrected chi connectivity index (χ2v) is 7.89. The van der Waals surface area contributed by atoms with E-state index < -0.39 is 0 Å². The Morgan fingerprint density at radius 3 is 2.77 bits per heavy atom. The van der Waals surface area contributed by atoms with Gasteiger partial charge in [0.2, 0.25) is 0 Å². The van der Waals surface area contributed by atoms with Gasteiger partial charge in [0.25, 0.3) is 0 Å². The van der Waals surface area contributed by atoms with E-state index in [1.807, 2.05) is 11.8 Å². The van der Waals surface area contributed by atoms with Gasteiger partial charge in [-0.3, -0.25) is 0 Å². The molecule has 1 aliphatic carbocycles. The van der Waals surface area contributed by atoms with Crippen molar-refractivity contribution in [3.63, 3.8) is 0 Å². The van der Waals surface area contributed by atoms with Crippen LogP contribution in [0.25, 0.3) is 0 Å². The summed E-state index contributed by atoms with van der Waals surface area (Å²) in [5, 5.41) is 7.82. The Kier molecular flexibility index (Phi) is 9.11. The minimum atomic E-state index is 0. The lowest BCUT2D eigenvalue weighted by Gasteiger charge is -2.19. The Morgan fingerprint density at radius 1 is 1.27 bits per heavy atom. The predicted octanol–water partition coefficient (Wildman–Crippen LogP) is 4.02. The molecule has 26 heavy (non-hydrogen) atoms. The fourth-order valence-corrected chi connectivity index (χ4v) is 4.31. The Morgan fingerprint density at radius 2 is 2.08 bits per heavy atom. The lowest BCUT2D eigenvalue weighted by molar-refractivity contribution is 0.615. The van der Waals surface area contributed by atoms with Crippen LogP contribution in [0.5, 0.6) is 0 Å². The number of thioether (sulfide) groups is 1. The highest BCUT2D eigenvalue weighted by atomic mass is 127. The minimum absolute atomic E-state index is 0. The lowest BCUT2D eigenvalue weighted by atomic mass is 10.2. The zero-order valence-electron chi connectivity index (χ0n) is 15.8. The molecule has 1 fully saturated rings. The summed E-state index contributed by atoms with van der Waals surface area (Å²) in [7, 11) is 0. The van der Waals surface area contributed by atoms with Crippen molar-refractivity contribution in [2.45, 2.75) is 44.0 Å². The van der Waals surface area contributed by atoms with E-state index in [0.29, 0.717) is 12.6 Å². The molecule has 144 valence electrons. The van der Waals surface area contributed by atoms with E-state index in [9.17, 15) is 0 Å². The molecule has 0 spiro atoms. The first kappa shape index (κ1) is 21.4. The van der Waals surface area contributed by atoms with Gasteiger partial charge in [0.1, 0.15) is 0 Å². The highest BCUT2D eigenvalue weighted by Gasteiger charge is 2.24. The number of rotatable bonds is 6. The summed E-state index contributed by atoms with van der Waals surface area (Å²) in [5.74, 6) is 0.947. The Balaban J connectivity index is 0.00000243. The first-order valence-electron chi connectivity index (χ1n) is 9.35. The number of nitrogens with one attached hydrogen (secondary N) is 2. The van der Waals surface area contributed by atoms with E-state index in [2.05, 4.69) is 65.1 Å². The van der Waals surface area contributed by atoms with Crippen molar-refractivity contribution in [2.24, 2.45) is 4.99 Å². The third-order valence-corrected chi connectivity index (χ3v) is 6.01. The van der Waals surface area contributed by atoms with Crippen LogP contribution < -0.4 is 15.5 Å². The minimum Gasteiger partial charge on any atom is -0.364 e. The summed E-state index contributed by atoms with van der Waals surface area (Å²) in [6.45, 7) is 5.75. The molecule has 1 aliphatic heterocycles. The molecule has 3 rings (SSSR count). The van der Waals surface area contributed by atoms with Gasteiger partial charge >= 0.3 is 0 Å². The second kappa shape index (κ2) is 11.1. The standard InChI is InChI=1S/C20H30N4S.HI/c1-3-21-20(23-17-9-10-19(14-17)25-2)22-15-16-7-6-8-18(13-16)24-11-4-5-12-24;/h4-8,13,17,19H,3,9-12,14-15H2,1-2H3,(H2,21,22,23);1H. The van der Waals surface area contributed by atoms with E-state index in [1.165, 1.54) is 30.5 Å². The monoisotopic (exact) mass is 486 g/mol. The lowest BCUT2D eigenvalue weighted by Crippen LogP contribution is -2.42. The van der Waals surface area contributed by atoms with Crippen LogP contribution in [0.4, 0.5) is 5.69 Å². The van der Waals surface area contributed by atoms with Gasteiger partial charge < -0.3 is 15.5 Å². The van der Waals surface area contributed by atoms with Crippen LogP contribution in [0.3, 0.4) is 0 Å². The number of guanidine groups is 1. The van der Waals surface area contributed by atoms with Gasteiger partial charge in [0.05, 0.1) is 6.54 Å². The zero-order valence-corrected chi connectivity index (χ0v) is 18.9. The third-order valence-electron chi connectivity index (χ3n) is 4.92. The first-order valence-corrected chi connectivity index (χ1v) is 10.6. The molecule has 0 aromatic heterocycles. The normalized spacial score (nSPS) is 22.4. The second-order valence-electron chi connectivity index (χ2n) is 6.75. The van der Waals surface area contributed by atoms with Crippen molar-refractivity contribution < 1.29 is 0 Å². The van der Waals surface area contributed by atoms with Crippen molar-refractivity contribution in [3.05, 3.63) is 42.0 Å². The van der Waals surface area contributed by atoms with Gasteiger partial charge in [-0.2, -0.15) is 11.8 Å². The fourth-order valence-electron chi connectivity index (χ4n) is 3.51. The number of benzene rings is 1. The maximum absolute atomic E-state index is 4.82. The fraction of sp³-hybridized carbons (Fsp3) is 0.550. The highest BCUT2D eigenvalue weighted by Crippen LogP contribution is 2.28. The summed E-state index contributed by atoms with van der Waals surface area (Å²) < 4.78 is 0. The molecule has 4 nitrogen and oxygen atoms in total. The molecule has 0 radical (unpaired) electrons. The molecule has 1 aromatic carbocycles. The van der Waals surface area contributed by atoms with E-state index >= 15 is 0 Å². The molecule has 2 atom stereocenters. The molecule has 1 aromatic rings. The molecule has 6 heteroatoms.